The molecule has 0 bridgehead atoms. The highest BCUT2D eigenvalue weighted by Crippen LogP contribution is 2.50. The van der Waals surface area contributed by atoms with Crippen LogP contribution >= 0.6 is 35.6 Å². The Morgan fingerprint density at radius 1 is 1.29 bits per heavy atom. The number of carbonyl (C=O) groups is 1. The van der Waals surface area contributed by atoms with E-state index in [1.807, 2.05) is 0 Å². The molecule has 1 aromatic carbocycles. The van der Waals surface area contributed by atoms with Gasteiger partial charge in [0.2, 0.25) is 5.91 Å². The molecule has 7 nitrogen and oxygen atoms in total. The van der Waals surface area contributed by atoms with Crippen LogP contribution in [0.3, 0.4) is 0 Å². The predicted octanol–water partition coefficient (Wildman–Crippen LogP) is 2.08. The van der Waals surface area contributed by atoms with Crippen LogP contribution in [-0.2, 0) is 14.9 Å². The molecule has 0 radical (unpaired) electrons. The SMILES string of the molecule is CN(C)C(=O)CN=C(NCCN1CCOCC1)NCC1(c2ccc(F)cc2Cl)CC1.I. The fourth-order valence-electron chi connectivity index (χ4n) is 3.48. The van der Waals surface area contributed by atoms with E-state index < -0.39 is 0 Å². The molecule has 2 N–H and O–H groups in total. The first-order valence-corrected chi connectivity index (χ1v) is 10.8. The molecular formula is C21H32ClFIN5O2. The van der Waals surface area contributed by atoms with Crippen molar-refractivity contribution in [2.24, 2.45) is 4.99 Å². The molecule has 1 aliphatic carbocycles. The zero-order chi connectivity index (χ0) is 21.6. The van der Waals surface area contributed by atoms with Crippen LogP contribution in [0.25, 0.3) is 0 Å². The number of guanidine groups is 1. The van der Waals surface area contributed by atoms with Gasteiger partial charge in [-0.05, 0) is 30.5 Å². The first kappa shape index (κ1) is 26.1. The summed E-state index contributed by atoms with van der Waals surface area (Å²) in [4.78, 5) is 20.3. The van der Waals surface area contributed by atoms with Crippen molar-refractivity contribution < 1.29 is 13.9 Å². The van der Waals surface area contributed by atoms with Gasteiger partial charge in [-0.25, -0.2) is 9.38 Å². The van der Waals surface area contributed by atoms with Gasteiger partial charge in [-0.2, -0.15) is 0 Å². The number of amides is 1. The molecule has 0 spiro atoms. The zero-order valence-electron chi connectivity index (χ0n) is 18.1. The number of hydrogen-bond acceptors (Lipinski definition) is 4. The van der Waals surface area contributed by atoms with Crippen LogP contribution in [0.2, 0.25) is 5.02 Å². The zero-order valence-corrected chi connectivity index (χ0v) is 21.2. The summed E-state index contributed by atoms with van der Waals surface area (Å²) in [6.07, 6.45) is 1.95. The lowest BCUT2D eigenvalue weighted by Crippen LogP contribution is -2.46. The Balaban J connectivity index is 0.00000341. The van der Waals surface area contributed by atoms with Crippen molar-refractivity contribution in [2.45, 2.75) is 18.3 Å². The monoisotopic (exact) mass is 567 g/mol. The maximum atomic E-state index is 13.4. The average Bonchev–Trinajstić information content (AvgIpc) is 3.50. The van der Waals surface area contributed by atoms with Crippen molar-refractivity contribution in [3.63, 3.8) is 0 Å². The van der Waals surface area contributed by atoms with E-state index in [4.69, 9.17) is 16.3 Å². The third-order valence-electron chi connectivity index (χ3n) is 5.65. The maximum Gasteiger partial charge on any atom is 0.243 e. The van der Waals surface area contributed by atoms with E-state index in [9.17, 15) is 9.18 Å². The molecule has 1 aromatic rings. The van der Waals surface area contributed by atoms with Gasteiger partial charge in [0.05, 0.1) is 13.2 Å². The summed E-state index contributed by atoms with van der Waals surface area (Å²) in [6.45, 7) is 5.66. The van der Waals surface area contributed by atoms with Crippen LogP contribution in [0, 0.1) is 5.82 Å². The average molecular weight is 568 g/mol. The summed E-state index contributed by atoms with van der Waals surface area (Å²) in [5.74, 6) is 0.205. The highest BCUT2D eigenvalue weighted by atomic mass is 127. The summed E-state index contributed by atoms with van der Waals surface area (Å²) in [5, 5.41) is 7.15. The van der Waals surface area contributed by atoms with E-state index in [2.05, 4.69) is 20.5 Å². The van der Waals surface area contributed by atoms with Crippen molar-refractivity contribution in [1.29, 1.82) is 0 Å². The van der Waals surface area contributed by atoms with Gasteiger partial charge in [0, 0.05) is 57.3 Å². The van der Waals surface area contributed by atoms with Gasteiger partial charge in [-0.3, -0.25) is 9.69 Å². The van der Waals surface area contributed by atoms with Gasteiger partial charge in [0.25, 0.3) is 0 Å². The summed E-state index contributed by atoms with van der Waals surface area (Å²) in [5.41, 5.74) is 0.832. The van der Waals surface area contributed by atoms with Gasteiger partial charge >= 0.3 is 0 Å². The predicted molar refractivity (Wildman–Crippen MR) is 132 cm³/mol. The number of rotatable bonds is 8. The molecule has 1 aliphatic heterocycles. The number of hydrogen-bond donors (Lipinski definition) is 2. The van der Waals surface area contributed by atoms with Crippen molar-refractivity contribution in [3.8, 4) is 0 Å². The standard InChI is InChI=1S/C21H31ClFN5O2.HI/c1-27(2)19(29)14-25-20(24-7-8-28-9-11-30-12-10-28)26-15-21(5-6-21)17-4-3-16(23)13-18(17)22;/h3-4,13H,5-12,14-15H2,1-2H3,(H2,24,25,26);1H. The number of aliphatic imine (C=N–C) groups is 1. The second kappa shape index (κ2) is 12.2. The minimum absolute atomic E-state index is 0. The summed E-state index contributed by atoms with van der Waals surface area (Å²) in [7, 11) is 3.43. The van der Waals surface area contributed by atoms with Gasteiger partial charge in [0.1, 0.15) is 12.4 Å². The smallest absolute Gasteiger partial charge is 0.243 e. The molecule has 10 heteroatoms. The van der Waals surface area contributed by atoms with Crippen molar-refractivity contribution in [1.82, 2.24) is 20.4 Å². The quantitative estimate of drug-likeness (QED) is 0.286. The minimum atomic E-state index is -0.332. The van der Waals surface area contributed by atoms with Crippen LogP contribution in [-0.4, -0.2) is 88.2 Å². The molecule has 1 amide bonds. The van der Waals surface area contributed by atoms with Crippen LogP contribution in [0.4, 0.5) is 4.39 Å². The topological polar surface area (TPSA) is 69.2 Å². The van der Waals surface area contributed by atoms with Gasteiger partial charge in [-0.1, -0.05) is 17.7 Å². The van der Waals surface area contributed by atoms with E-state index in [1.165, 1.54) is 17.0 Å². The van der Waals surface area contributed by atoms with Crippen LogP contribution in [0.15, 0.2) is 23.2 Å². The lowest BCUT2D eigenvalue weighted by atomic mass is 9.96. The van der Waals surface area contributed by atoms with E-state index in [0.29, 0.717) is 24.1 Å². The minimum Gasteiger partial charge on any atom is -0.379 e. The summed E-state index contributed by atoms with van der Waals surface area (Å²) in [6, 6.07) is 4.58. The number of benzene rings is 1. The molecule has 31 heavy (non-hydrogen) atoms. The third-order valence-corrected chi connectivity index (χ3v) is 5.96. The van der Waals surface area contributed by atoms with Crippen LogP contribution in [0.5, 0.6) is 0 Å². The Morgan fingerprint density at radius 3 is 2.61 bits per heavy atom. The van der Waals surface area contributed by atoms with Gasteiger partial charge in [0.15, 0.2) is 5.96 Å². The number of likely N-dealkylation sites (N-methyl/N-ethyl adjacent to an activating group) is 1. The molecule has 2 aliphatic rings. The number of ether oxygens (including phenoxy) is 1. The van der Waals surface area contributed by atoms with Gasteiger partial charge < -0.3 is 20.3 Å². The number of nitrogens with one attached hydrogen (secondary N) is 2. The third kappa shape index (κ3) is 7.73. The van der Waals surface area contributed by atoms with Crippen molar-refractivity contribution in [2.75, 3.05) is 66.6 Å². The summed E-state index contributed by atoms with van der Waals surface area (Å²) < 4.78 is 18.8. The van der Waals surface area contributed by atoms with Crippen molar-refractivity contribution in [3.05, 3.63) is 34.6 Å². The van der Waals surface area contributed by atoms with Gasteiger partial charge in [-0.15, -0.1) is 24.0 Å². The molecule has 0 aromatic heterocycles. The molecule has 1 heterocycles. The molecule has 1 saturated carbocycles. The van der Waals surface area contributed by atoms with E-state index in [0.717, 1.165) is 51.3 Å². The fourth-order valence-corrected chi connectivity index (χ4v) is 3.85. The summed E-state index contributed by atoms with van der Waals surface area (Å²) >= 11 is 6.30. The molecule has 0 atom stereocenters. The number of morpholine rings is 1. The lowest BCUT2D eigenvalue weighted by Gasteiger charge is -2.27. The molecule has 1 saturated heterocycles. The largest absolute Gasteiger partial charge is 0.379 e. The Hall–Kier alpha value is -1.17. The molecule has 2 fully saturated rings. The number of nitrogens with zero attached hydrogens (tertiary/aromatic N) is 3. The second-order valence-corrected chi connectivity index (χ2v) is 8.50. The normalized spacial score (nSPS) is 18.1. The highest BCUT2D eigenvalue weighted by Gasteiger charge is 2.45. The highest BCUT2D eigenvalue weighted by molar-refractivity contribution is 14.0. The Morgan fingerprint density at radius 2 is 2.00 bits per heavy atom. The van der Waals surface area contributed by atoms with E-state index in [-0.39, 0.29) is 47.7 Å². The molecule has 0 unspecified atom stereocenters. The van der Waals surface area contributed by atoms with E-state index in [1.54, 1.807) is 20.2 Å². The first-order chi connectivity index (χ1) is 14.4. The maximum absolute atomic E-state index is 13.4. The molecule has 3 rings (SSSR count). The second-order valence-electron chi connectivity index (χ2n) is 8.09. The Labute approximate surface area is 205 Å². The number of carbonyl (C=O) groups excluding carboxylic acids is 1. The van der Waals surface area contributed by atoms with E-state index >= 15 is 0 Å². The lowest BCUT2D eigenvalue weighted by molar-refractivity contribution is -0.127. The molecule has 174 valence electrons. The first-order valence-electron chi connectivity index (χ1n) is 10.4. The number of halogens is 3. The van der Waals surface area contributed by atoms with Crippen LogP contribution < -0.4 is 10.6 Å². The Bertz CT molecular complexity index is 770. The molecular weight excluding hydrogens is 536 g/mol. The Kier molecular flexibility index (Phi) is 10.2. The fraction of sp³-hybridized carbons (Fsp3) is 0.619. The van der Waals surface area contributed by atoms with Crippen LogP contribution in [0.1, 0.15) is 18.4 Å². The van der Waals surface area contributed by atoms with Crippen molar-refractivity contribution >= 4 is 47.4 Å².